The molecule has 0 spiro atoms. The second kappa shape index (κ2) is 8.04. The zero-order valence-corrected chi connectivity index (χ0v) is 12.4. The van der Waals surface area contributed by atoms with Crippen LogP contribution >= 0.6 is 0 Å². The van der Waals surface area contributed by atoms with Gasteiger partial charge in [0.1, 0.15) is 6.54 Å². The molecule has 0 radical (unpaired) electrons. The molecule has 114 valence electrons. The molecule has 0 aliphatic heterocycles. The Morgan fingerprint density at radius 1 is 1.10 bits per heavy atom. The van der Waals surface area contributed by atoms with Crippen LogP contribution in [0.15, 0.2) is 24.3 Å². The number of benzene rings is 1. The maximum Gasteiger partial charge on any atom is 0.325 e. The molecule has 0 aromatic heterocycles. The first-order valence-electron chi connectivity index (χ1n) is 6.65. The molecule has 0 aliphatic rings. The van der Waals surface area contributed by atoms with Gasteiger partial charge in [-0.25, -0.2) is 0 Å². The molecular formula is C15H20N2O4. The average Bonchev–Trinajstić information content (AvgIpc) is 2.50. The summed E-state index contributed by atoms with van der Waals surface area (Å²) in [5.41, 5.74) is 1.34. The first kappa shape index (κ1) is 16.7. The highest BCUT2D eigenvalue weighted by Crippen LogP contribution is 2.05. The summed E-state index contributed by atoms with van der Waals surface area (Å²) in [4.78, 5) is 34.1. The Hall–Kier alpha value is -2.37. The van der Waals surface area contributed by atoms with E-state index in [2.05, 4.69) is 15.4 Å². The van der Waals surface area contributed by atoms with Crippen molar-refractivity contribution in [1.82, 2.24) is 10.6 Å². The second-order valence-corrected chi connectivity index (χ2v) is 4.83. The van der Waals surface area contributed by atoms with E-state index in [1.54, 1.807) is 24.3 Å². The first-order valence-corrected chi connectivity index (χ1v) is 6.65. The van der Waals surface area contributed by atoms with E-state index in [9.17, 15) is 14.4 Å². The zero-order valence-electron chi connectivity index (χ0n) is 12.4. The van der Waals surface area contributed by atoms with Crippen LogP contribution in [0.2, 0.25) is 0 Å². The Morgan fingerprint density at radius 2 is 1.71 bits per heavy atom. The highest BCUT2D eigenvalue weighted by molar-refractivity contribution is 5.95. The lowest BCUT2D eigenvalue weighted by Crippen LogP contribution is -2.30. The maximum absolute atomic E-state index is 11.7. The normalized spacial score (nSPS) is 10.1. The van der Waals surface area contributed by atoms with Gasteiger partial charge < -0.3 is 15.4 Å². The van der Waals surface area contributed by atoms with Crippen LogP contribution in [0.5, 0.6) is 0 Å². The third kappa shape index (κ3) is 5.64. The number of esters is 1. The van der Waals surface area contributed by atoms with Crippen molar-refractivity contribution in [2.75, 3.05) is 13.7 Å². The van der Waals surface area contributed by atoms with Crippen molar-refractivity contribution < 1.29 is 19.1 Å². The molecule has 1 aromatic rings. The summed E-state index contributed by atoms with van der Waals surface area (Å²) in [5, 5.41) is 5.25. The second-order valence-electron chi connectivity index (χ2n) is 4.83. The van der Waals surface area contributed by atoms with Gasteiger partial charge in [0.05, 0.1) is 7.11 Å². The van der Waals surface area contributed by atoms with Gasteiger partial charge in [0.25, 0.3) is 5.91 Å². The predicted molar refractivity (Wildman–Crippen MR) is 77.5 cm³/mol. The van der Waals surface area contributed by atoms with Crippen LogP contribution in [0.1, 0.15) is 29.8 Å². The molecule has 0 saturated heterocycles. The van der Waals surface area contributed by atoms with Crippen LogP contribution in [-0.4, -0.2) is 31.4 Å². The Kier molecular flexibility index (Phi) is 6.39. The van der Waals surface area contributed by atoms with Gasteiger partial charge in [-0.15, -0.1) is 0 Å². The van der Waals surface area contributed by atoms with Crippen molar-refractivity contribution in [3.05, 3.63) is 35.4 Å². The predicted octanol–water partition coefficient (Wildman–Crippen LogP) is 0.862. The van der Waals surface area contributed by atoms with Crippen molar-refractivity contribution in [3.63, 3.8) is 0 Å². The van der Waals surface area contributed by atoms with E-state index < -0.39 is 5.97 Å². The molecular weight excluding hydrogens is 272 g/mol. The van der Waals surface area contributed by atoms with Crippen molar-refractivity contribution in [2.24, 2.45) is 5.92 Å². The minimum Gasteiger partial charge on any atom is -0.468 e. The molecule has 2 amide bonds. The van der Waals surface area contributed by atoms with Crippen LogP contribution in [0.25, 0.3) is 0 Å². The Balaban J connectivity index is 2.51. The number of ether oxygens (including phenoxy) is 1. The molecule has 21 heavy (non-hydrogen) atoms. The number of amides is 2. The molecule has 0 heterocycles. The topological polar surface area (TPSA) is 84.5 Å². The Morgan fingerprint density at radius 3 is 2.24 bits per heavy atom. The van der Waals surface area contributed by atoms with Gasteiger partial charge in [0, 0.05) is 18.0 Å². The number of hydrogen-bond acceptors (Lipinski definition) is 4. The average molecular weight is 292 g/mol. The summed E-state index contributed by atoms with van der Waals surface area (Å²) in [6.45, 7) is 3.90. The smallest absolute Gasteiger partial charge is 0.325 e. The SMILES string of the molecule is COC(=O)CNC(=O)c1ccc(CNC(=O)C(C)C)cc1. The fourth-order valence-electron chi connectivity index (χ4n) is 1.49. The summed E-state index contributed by atoms with van der Waals surface area (Å²) in [5.74, 6) is -0.933. The molecule has 2 N–H and O–H groups in total. The monoisotopic (exact) mass is 292 g/mol. The molecule has 0 fully saturated rings. The lowest BCUT2D eigenvalue weighted by atomic mass is 10.1. The van der Waals surface area contributed by atoms with Crippen LogP contribution in [0.3, 0.4) is 0 Å². The molecule has 0 aliphatic carbocycles. The standard InChI is InChI=1S/C15H20N2O4/c1-10(2)14(19)16-8-11-4-6-12(7-5-11)15(20)17-9-13(18)21-3/h4-7,10H,8-9H2,1-3H3,(H,16,19)(H,17,20). The van der Waals surface area contributed by atoms with E-state index in [0.29, 0.717) is 12.1 Å². The molecule has 0 bridgehead atoms. The number of nitrogens with one attached hydrogen (secondary N) is 2. The third-order valence-corrected chi connectivity index (χ3v) is 2.83. The summed E-state index contributed by atoms with van der Waals surface area (Å²) >= 11 is 0. The van der Waals surface area contributed by atoms with Crippen LogP contribution in [0.4, 0.5) is 0 Å². The summed E-state index contributed by atoms with van der Waals surface area (Å²) in [7, 11) is 1.26. The minimum absolute atomic E-state index is 0.0186. The fourth-order valence-corrected chi connectivity index (χ4v) is 1.49. The van der Waals surface area contributed by atoms with Gasteiger partial charge >= 0.3 is 5.97 Å². The highest BCUT2D eigenvalue weighted by Gasteiger charge is 2.09. The number of methoxy groups -OCH3 is 1. The van der Waals surface area contributed by atoms with Crippen molar-refractivity contribution >= 4 is 17.8 Å². The van der Waals surface area contributed by atoms with Gasteiger partial charge in [0.15, 0.2) is 0 Å². The number of hydrogen-bond donors (Lipinski definition) is 2. The van der Waals surface area contributed by atoms with Crippen molar-refractivity contribution in [1.29, 1.82) is 0 Å². The highest BCUT2D eigenvalue weighted by atomic mass is 16.5. The van der Waals surface area contributed by atoms with Gasteiger partial charge in [-0.2, -0.15) is 0 Å². The molecule has 0 saturated carbocycles. The van der Waals surface area contributed by atoms with E-state index in [0.717, 1.165) is 5.56 Å². The van der Waals surface area contributed by atoms with Crippen molar-refractivity contribution in [3.8, 4) is 0 Å². The van der Waals surface area contributed by atoms with E-state index in [1.807, 2.05) is 13.8 Å². The summed E-state index contributed by atoms with van der Waals surface area (Å²) in [6, 6.07) is 6.80. The Labute approximate surface area is 123 Å². The first-order chi connectivity index (χ1) is 9.93. The lowest BCUT2D eigenvalue weighted by Gasteiger charge is -2.08. The van der Waals surface area contributed by atoms with Crippen molar-refractivity contribution in [2.45, 2.75) is 20.4 Å². The van der Waals surface area contributed by atoms with Gasteiger partial charge in [-0.05, 0) is 17.7 Å². The molecule has 0 unspecified atom stereocenters. The maximum atomic E-state index is 11.7. The number of carbonyl (C=O) groups excluding carboxylic acids is 3. The number of carbonyl (C=O) groups is 3. The molecule has 0 atom stereocenters. The van der Waals surface area contributed by atoms with E-state index in [-0.39, 0.29) is 24.3 Å². The third-order valence-electron chi connectivity index (χ3n) is 2.83. The van der Waals surface area contributed by atoms with Gasteiger partial charge in [0.2, 0.25) is 5.91 Å². The van der Waals surface area contributed by atoms with E-state index >= 15 is 0 Å². The van der Waals surface area contributed by atoms with Gasteiger partial charge in [-0.1, -0.05) is 26.0 Å². The largest absolute Gasteiger partial charge is 0.468 e. The molecule has 6 nitrogen and oxygen atoms in total. The molecule has 6 heteroatoms. The quantitative estimate of drug-likeness (QED) is 0.762. The number of rotatable bonds is 6. The lowest BCUT2D eigenvalue weighted by molar-refractivity contribution is -0.139. The van der Waals surface area contributed by atoms with E-state index in [1.165, 1.54) is 7.11 Å². The summed E-state index contributed by atoms with van der Waals surface area (Å²) in [6.07, 6.45) is 0. The Bertz CT molecular complexity index is 509. The van der Waals surface area contributed by atoms with Gasteiger partial charge in [-0.3, -0.25) is 14.4 Å². The van der Waals surface area contributed by atoms with Crippen LogP contribution in [0, 0.1) is 5.92 Å². The van der Waals surface area contributed by atoms with Crippen LogP contribution in [-0.2, 0) is 20.9 Å². The molecule has 1 aromatic carbocycles. The van der Waals surface area contributed by atoms with Crippen LogP contribution < -0.4 is 10.6 Å². The van der Waals surface area contributed by atoms with E-state index in [4.69, 9.17) is 0 Å². The zero-order chi connectivity index (χ0) is 15.8. The summed E-state index contributed by atoms with van der Waals surface area (Å²) < 4.78 is 4.44. The molecule has 1 rings (SSSR count). The minimum atomic E-state index is -0.503. The fraction of sp³-hybridized carbons (Fsp3) is 0.400.